The molecule has 0 aliphatic carbocycles. The molecular formula is C25H30N4O2. The lowest BCUT2D eigenvalue weighted by Gasteiger charge is -2.26. The first-order valence-electron chi connectivity index (χ1n) is 11.5. The van der Waals surface area contributed by atoms with Gasteiger partial charge in [-0.25, -0.2) is 0 Å². The number of carbonyl (C=O) groups is 2. The molecule has 0 unspecified atom stereocenters. The van der Waals surface area contributed by atoms with Crippen LogP contribution in [-0.4, -0.2) is 47.9 Å². The second-order valence-electron chi connectivity index (χ2n) is 8.90. The molecule has 0 spiro atoms. The van der Waals surface area contributed by atoms with Crippen molar-refractivity contribution < 1.29 is 9.59 Å². The number of H-pyrrole nitrogens is 1. The van der Waals surface area contributed by atoms with Crippen LogP contribution in [-0.2, 0) is 4.79 Å². The number of likely N-dealkylation sites (tertiary alicyclic amines) is 1. The summed E-state index contributed by atoms with van der Waals surface area (Å²) < 4.78 is 0. The van der Waals surface area contributed by atoms with Crippen LogP contribution in [0.25, 0.3) is 11.6 Å². The number of aromatic amines is 1. The second-order valence-corrected chi connectivity index (χ2v) is 8.90. The molecule has 4 heterocycles. The summed E-state index contributed by atoms with van der Waals surface area (Å²) in [7, 11) is 0. The standard InChI is InChI=1S/C25H30N4O2/c1-16-20(25(31)29-12-3-2-4-13-29)15-27-22(16)14-19-23-18(17-8-10-26-11-9-17)6-5-7-21(23)28-24(19)30/h5-7,14-15,17,26-27H,2-4,8-13H2,1H3,(H,28,30). The third kappa shape index (κ3) is 3.69. The van der Waals surface area contributed by atoms with E-state index in [1.165, 1.54) is 12.0 Å². The molecule has 2 fully saturated rings. The smallest absolute Gasteiger partial charge is 0.256 e. The van der Waals surface area contributed by atoms with Gasteiger partial charge in [0.15, 0.2) is 0 Å². The molecule has 3 aliphatic heterocycles. The SMILES string of the molecule is Cc1c(C(=O)N2CCCCC2)c[nH]c1C=C1C(=O)Nc2cccc(C3CCNCC3)c21. The van der Waals surface area contributed by atoms with Gasteiger partial charge >= 0.3 is 0 Å². The third-order valence-electron chi connectivity index (χ3n) is 6.98. The van der Waals surface area contributed by atoms with Gasteiger partial charge in [0, 0.05) is 36.2 Å². The van der Waals surface area contributed by atoms with Crippen molar-refractivity contribution in [3.8, 4) is 0 Å². The second kappa shape index (κ2) is 8.35. The van der Waals surface area contributed by atoms with E-state index >= 15 is 0 Å². The number of anilines is 1. The lowest BCUT2D eigenvalue weighted by Crippen LogP contribution is -2.35. The van der Waals surface area contributed by atoms with Gasteiger partial charge in [0.1, 0.15) is 0 Å². The van der Waals surface area contributed by atoms with Gasteiger partial charge in [-0.1, -0.05) is 12.1 Å². The molecule has 6 heteroatoms. The van der Waals surface area contributed by atoms with Gasteiger partial charge in [-0.05, 0) is 81.3 Å². The minimum atomic E-state index is -0.0747. The molecule has 0 atom stereocenters. The first-order chi connectivity index (χ1) is 15.1. The van der Waals surface area contributed by atoms with Crippen molar-refractivity contribution in [3.05, 3.63) is 52.3 Å². The Bertz CT molecular complexity index is 1040. The topological polar surface area (TPSA) is 77.2 Å². The number of hydrogen-bond donors (Lipinski definition) is 3. The van der Waals surface area contributed by atoms with Crippen LogP contribution in [0, 0.1) is 6.92 Å². The molecule has 6 nitrogen and oxygen atoms in total. The van der Waals surface area contributed by atoms with E-state index < -0.39 is 0 Å². The van der Waals surface area contributed by atoms with Crippen LogP contribution >= 0.6 is 0 Å². The maximum Gasteiger partial charge on any atom is 0.256 e. The number of piperidine rings is 2. The Balaban J connectivity index is 1.49. The van der Waals surface area contributed by atoms with Gasteiger partial charge in [-0.2, -0.15) is 0 Å². The maximum absolute atomic E-state index is 13.0. The molecule has 0 bridgehead atoms. The number of fused-ring (bicyclic) bond motifs is 1. The molecule has 31 heavy (non-hydrogen) atoms. The van der Waals surface area contributed by atoms with Crippen molar-refractivity contribution in [1.82, 2.24) is 15.2 Å². The largest absolute Gasteiger partial charge is 0.361 e. The molecular weight excluding hydrogens is 388 g/mol. The highest BCUT2D eigenvalue weighted by molar-refractivity contribution is 6.35. The van der Waals surface area contributed by atoms with Crippen LogP contribution in [0.15, 0.2) is 24.4 Å². The third-order valence-corrected chi connectivity index (χ3v) is 6.98. The minimum absolute atomic E-state index is 0.0747. The average Bonchev–Trinajstić information content (AvgIpc) is 3.34. The Morgan fingerprint density at radius 3 is 2.68 bits per heavy atom. The molecule has 2 aromatic rings. The number of benzene rings is 1. The van der Waals surface area contributed by atoms with Crippen LogP contribution in [0.4, 0.5) is 5.69 Å². The number of nitrogens with zero attached hydrogens (tertiary/aromatic N) is 1. The van der Waals surface area contributed by atoms with Crippen LogP contribution in [0.3, 0.4) is 0 Å². The van der Waals surface area contributed by atoms with Crippen LogP contribution in [0.5, 0.6) is 0 Å². The van der Waals surface area contributed by atoms with E-state index in [1.54, 1.807) is 6.20 Å². The number of nitrogens with one attached hydrogen (secondary N) is 3. The molecule has 1 aromatic heterocycles. The Hall–Kier alpha value is -2.86. The lowest BCUT2D eigenvalue weighted by atomic mass is 9.85. The van der Waals surface area contributed by atoms with E-state index in [1.807, 2.05) is 30.0 Å². The van der Waals surface area contributed by atoms with Gasteiger partial charge < -0.3 is 20.5 Å². The van der Waals surface area contributed by atoms with Crippen LogP contribution < -0.4 is 10.6 Å². The molecule has 3 N–H and O–H groups in total. The molecule has 2 amide bonds. The van der Waals surface area contributed by atoms with E-state index in [2.05, 4.69) is 21.7 Å². The summed E-state index contributed by atoms with van der Waals surface area (Å²) in [6.45, 7) is 5.63. The predicted octanol–water partition coefficient (Wildman–Crippen LogP) is 3.91. The maximum atomic E-state index is 13.0. The fourth-order valence-corrected chi connectivity index (χ4v) is 5.18. The number of aromatic nitrogens is 1. The number of hydrogen-bond acceptors (Lipinski definition) is 3. The Morgan fingerprint density at radius 2 is 1.90 bits per heavy atom. The molecule has 162 valence electrons. The Kier molecular flexibility index (Phi) is 5.40. The van der Waals surface area contributed by atoms with Crippen molar-refractivity contribution in [2.75, 3.05) is 31.5 Å². The summed E-state index contributed by atoms with van der Waals surface area (Å²) in [4.78, 5) is 31.1. The monoisotopic (exact) mass is 418 g/mol. The quantitative estimate of drug-likeness (QED) is 0.662. The highest BCUT2D eigenvalue weighted by Crippen LogP contribution is 2.41. The highest BCUT2D eigenvalue weighted by atomic mass is 16.2. The van der Waals surface area contributed by atoms with Crippen molar-refractivity contribution in [1.29, 1.82) is 0 Å². The molecule has 1 aromatic carbocycles. The highest BCUT2D eigenvalue weighted by Gasteiger charge is 2.30. The zero-order valence-electron chi connectivity index (χ0n) is 18.1. The first-order valence-corrected chi connectivity index (χ1v) is 11.5. The summed E-state index contributed by atoms with van der Waals surface area (Å²) in [5.41, 5.74) is 6.29. The summed E-state index contributed by atoms with van der Waals surface area (Å²) in [6.07, 6.45) is 9.22. The van der Waals surface area contributed by atoms with E-state index in [4.69, 9.17) is 0 Å². The molecule has 2 saturated heterocycles. The fraction of sp³-hybridized carbons (Fsp3) is 0.440. The zero-order chi connectivity index (χ0) is 21.4. The molecule has 5 rings (SSSR count). The van der Waals surface area contributed by atoms with E-state index in [-0.39, 0.29) is 11.8 Å². The van der Waals surface area contributed by atoms with Crippen molar-refractivity contribution in [2.24, 2.45) is 0 Å². The fourth-order valence-electron chi connectivity index (χ4n) is 5.18. The average molecular weight is 419 g/mol. The summed E-state index contributed by atoms with van der Waals surface area (Å²) in [5, 5.41) is 6.46. The van der Waals surface area contributed by atoms with E-state index in [9.17, 15) is 9.59 Å². The predicted molar refractivity (Wildman–Crippen MR) is 123 cm³/mol. The van der Waals surface area contributed by atoms with Crippen molar-refractivity contribution in [2.45, 2.75) is 44.9 Å². The normalized spacial score (nSPS) is 20.7. The lowest BCUT2D eigenvalue weighted by molar-refractivity contribution is -0.110. The number of amides is 2. The molecule has 3 aliphatic rings. The number of rotatable bonds is 3. The van der Waals surface area contributed by atoms with Gasteiger partial charge in [0.2, 0.25) is 0 Å². The summed E-state index contributed by atoms with van der Waals surface area (Å²) >= 11 is 0. The molecule has 0 radical (unpaired) electrons. The van der Waals surface area contributed by atoms with Crippen molar-refractivity contribution in [3.63, 3.8) is 0 Å². The van der Waals surface area contributed by atoms with Gasteiger partial charge in [-0.15, -0.1) is 0 Å². The Labute approximate surface area is 183 Å². The minimum Gasteiger partial charge on any atom is -0.361 e. The zero-order valence-corrected chi connectivity index (χ0v) is 18.1. The number of carbonyl (C=O) groups excluding carboxylic acids is 2. The molecule has 0 saturated carbocycles. The van der Waals surface area contributed by atoms with E-state index in [0.717, 1.165) is 74.4 Å². The van der Waals surface area contributed by atoms with Gasteiger partial charge in [-0.3, -0.25) is 9.59 Å². The van der Waals surface area contributed by atoms with E-state index in [0.29, 0.717) is 17.1 Å². The van der Waals surface area contributed by atoms with Gasteiger partial charge in [0.05, 0.1) is 11.1 Å². The van der Waals surface area contributed by atoms with Crippen LogP contribution in [0.1, 0.15) is 70.8 Å². The van der Waals surface area contributed by atoms with Crippen molar-refractivity contribution >= 4 is 29.2 Å². The van der Waals surface area contributed by atoms with Crippen LogP contribution in [0.2, 0.25) is 0 Å². The first kappa shape index (κ1) is 20.1. The summed E-state index contributed by atoms with van der Waals surface area (Å²) in [5.74, 6) is 0.465. The van der Waals surface area contributed by atoms with Gasteiger partial charge in [0.25, 0.3) is 11.8 Å². The summed E-state index contributed by atoms with van der Waals surface area (Å²) in [6, 6.07) is 6.18. The Morgan fingerprint density at radius 1 is 1.13 bits per heavy atom.